The van der Waals surface area contributed by atoms with Gasteiger partial charge in [0.15, 0.2) is 0 Å². The normalized spacial score (nSPS) is 10.6. The molecule has 4 heteroatoms. The Kier molecular flexibility index (Phi) is 4.87. The summed E-state index contributed by atoms with van der Waals surface area (Å²) >= 11 is 9.09. The number of hydrogen-bond donors (Lipinski definition) is 0. The Morgan fingerprint density at radius 2 is 2.00 bits per heavy atom. The SMILES string of the molecule is Cc1ccc(SCC(=O)Cc2sccc2Cl)cc1. The minimum absolute atomic E-state index is 0.213. The van der Waals surface area contributed by atoms with Crippen molar-refractivity contribution in [3.63, 3.8) is 0 Å². The number of carbonyl (C=O) groups excluding carboxylic acids is 1. The van der Waals surface area contributed by atoms with Crippen LogP contribution < -0.4 is 0 Å². The van der Waals surface area contributed by atoms with E-state index < -0.39 is 0 Å². The first-order valence-corrected chi connectivity index (χ1v) is 7.82. The van der Waals surface area contributed by atoms with Gasteiger partial charge in [0.05, 0.1) is 10.8 Å². The van der Waals surface area contributed by atoms with Crippen molar-refractivity contribution in [1.82, 2.24) is 0 Å². The average Bonchev–Trinajstić information content (AvgIpc) is 2.74. The number of aryl methyl sites for hydroxylation is 1. The molecule has 2 aromatic rings. The molecule has 0 unspecified atom stereocenters. The average molecular weight is 297 g/mol. The van der Waals surface area contributed by atoms with Crippen LogP contribution in [-0.2, 0) is 11.2 Å². The van der Waals surface area contributed by atoms with E-state index in [1.54, 1.807) is 11.8 Å². The second-order valence-corrected chi connectivity index (χ2v) is 6.47. The molecule has 0 saturated heterocycles. The summed E-state index contributed by atoms with van der Waals surface area (Å²) in [6, 6.07) is 10.0. The van der Waals surface area contributed by atoms with Crippen LogP contribution in [0, 0.1) is 6.92 Å². The molecular formula is C14H13ClOS2. The molecule has 1 aromatic carbocycles. The lowest BCUT2D eigenvalue weighted by Crippen LogP contribution is -2.04. The van der Waals surface area contributed by atoms with E-state index >= 15 is 0 Å². The molecule has 0 amide bonds. The number of ketones is 1. The van der Waals surface area contributed by atoms with Crippen molar-refractivity contribution >= 4 is 40.5 Å². The number of Topliss-reactive ketones (excluding diaryl/α,β-unsaturated/α-hetero) is 1. The van der Waals surface area contributed by atoms with Gasteiger partial charge in [-0.3, -0.25) is 4.79 Å². The highest BCUT2D eigenvalue weighted by atomic mass is 35.5. The highest BCUT2D eigenvalue weighted by Gasteiger charge is 2.09. The molecule has 0 aliphatic heterocycles. The van der Waals surface area contributed by atoms with E-state index in [9.17, 15) is 4.79 Å². The molecule has 2 rings (SSSR count). The van der Waals surface area contributed by atoms with Crippen LogP contribution in [0.25, 0.3) is 0 Å². The first-order valence-electron chi connectivity index (χ1n) is 5.58. The van der Waals surface area contributed by atoms with Gasteiger partial charge in [0, 0.05) is 16.2 Å². The molecule has 94 valence electrons. The molecular weight excluding hydrogens is 284 g/mol. The van der Waals surface area contributed by atoms with Crippen molar-refractivity contribution < 1.29 is 4.79 Å². The fourth-order valence-electron chi connectivity index (χ4n) is 1.48. The Hall–Kier alpha value is -0.770. The van der Waals surface area contributed by atoms with Gasteiger partial charge in [0.1, 0.15) is 5.78 Å². The van der Waals surface area contributed by atoms with E-state index in [1.807, 2.05) is 23.6 Å². The number of carbonyl (C=O) groups is 1. The van der Waals surface area contributed by atoms with Crippen molar-refractivity contribution in [1.29, 1.82) is 0 Å². The van der Waals surface area contributed by atoms with Crippen molar-refractivity contribution in [2.75, 3.05) is 5.75 Å². The summed E-state index contributed by atoms with van der Waals surface area (Å²) in [4.78, 5) is 13.9. The summed E-state index contributed by atoms with van der Waals surface area (Å²) in [7, 11) is 0. The Bertz CT molecular complexity index is 531. The second-order valence-electron chi connectivity index (χ2n) is 4.01. The number of benzene rings is 1. The van der Waals surface area contributed by atoms with Crippen LogP contribution in [0.4, 0.5) is 0 Å². The van der Waals surface area contributed by atoms with Crippen molar-refractivity contribution in [3.05, 3.63) is 51.2 Å². The van der Waals surface area contributed by atoms with E-state index in [-0.39, 0.29) is 5.78 Å². The Morgan fingerprint density at radius 3 is 2.61 bits per heavy atom. The van der Waals surface area contributed by atoms with Gasteiger partial charge in [-0.2, -0.15) is 0 Å². The number of halogens is 1. The molecule has 0 N–H and O–H groups in total. The van der Waals surface area contributed by atoms with Gasteiger partial charge >= 0.3 is 0 Å². The standard InChI is InChI=1S/C14H13ClOS2/c1-10-2-4-12(5-3-10)18-9-11(16)8-14-13(15)6-7-17-14/h2-7H,8-9H2,1H3. The highest BCUT2D eigenvalue weighted by Crippen LogP contribution is 2.24. The van der Waals surface area contributed by atoms with E-state index in [2.05, 4.69) is 19.1 Å². The van der Waals surface area contributed by atoms with Gasteiger partial charge in [0.25, 0.3) is 0 Å². The Labute approximate surface area is 120 Å². The quantitative estimate of drug-likeness (QED) is 0.749. The van der Waals surface area contributed by atoms with E-state index in [1.165, 1.54) is 16.9 Å². The molecule has 0 radical (unpaired) electrons. The Morgan fingerprint density at radius 1 is 1.28 bits per heavy atom. The minimum Gasteiger partial charge on any atom is -0.298 e. The monoisotopic (exact) mass is 296 g/mol. The minimum atomic E-state index is 0.213. The zero-order valence-corrected chi connectivity index (χ0v) is 12.4. The van der Waals surface area contributed by atoms with Crippen molar-refractivity contribution in [3.8, 4) is 0 Å². The Balaban J connectivity index is 1.85. The smallest absolute Gasteiger partial charge is 0.148 e. The maximum Gasteiger partial charge on any atom is 0.148 e. The van der Waals surface area contributed by atoms with E-state index in [0.29, 0.717) is 17.2 Å². The molecule has 1 nitrogen and oxygen atoms in total. The topological polar surface area (TPSA) is 17.1 Å². The number of rotatable bonds is 5. The molecule has 0 aliphatic rings. The van der Waals surface area contributed by atoms with Crippen LogP contribution in [0.3, 0.4) is 0 Å². The maximum atomic E-state index is 11.8. The number of thiophene rings is 1. The summed E-state index contributed by atoms with van der Waals surface area (Å²) < 4.78 is 0. The van der Waals surface area contributed by atoms with Gasteiger partial charge in [-0.1, -0.05) is 29.3 Å². The van der Waals surface area contributed by atoms with Crippen LogP contribution in [0.15, 0.2) is 40.6 Å². The lowest BCUT2D eigenvalue weighted by atomic mass is 10.2. The van der Waals surface area contributed by atoms with Crippen LogP contribution in [0.2, 0.25) is 5.02 Å². The first kappa shape index (κ1) is 13.7. The zero-order chi connectivity index (χ0) is 13.0. The van der Waals surface area contributed by atoms with Crippen LogP contribution >= 0.6 is 34.7 Å². The molecule has 0 aliphatic carbocycles. The molecule has 18 heavy (non-hydrogen) atoms. The molecule has 0 atom stereocenters. The second kappa shape index (κ2) is 6.41. The number of hydrogen-bond acceptors (Lipinski definition) is 3. The molecule has 0 saturated carbocycles. The third-order valence-corrected chi connectivity index (χ3v) is 4.93. The van der Waals surface area contributed by atoms with Gasteiger partial charge in [-0.05, 0) is 30.5 Å². The molecule has 0 fully saturated rings. The molecule has 0 bridgehead atoms. The third kappa shape index (κ3) is 3.87. The lowest BCUT2D eigenvalue weighted by Gasteiger charge is -2.01. The third-order valence-electron chi connectivity index (χ3n) is 2.47. The largest absolute Gasteiger partial charge is 0.298 e. The van der Waals surface area contributed by atoms with Crippen LogP contribution in [-0.4, -0.2) is 11.5 Å². The van der Waals surface area contributed by atoms with Crippen LogP contribution in [0.5, 0.6) is 0 Å². The summed E-state index contributed by atoms with van der Waals surface area (Å²) in [6.45, 7) is 2.05. The molecule has 1 aromatic heterocycles. The van der Waals surface area contributed by atoms with Crippen LogP contribution in [0.1, 0.15) is 10.4 Å². The van der Waals surface area contributed by atoms with E-state index in [4.69, 9.17) is 11.6 Å². The van der Waals surface area contributed by atoms with Crippen molar-refractivity contribution in [2.45, 2.75) is 18.2 Å². The summed E-state index contributed by atoms with van der Waals surface area (Å²) in [5.74, 6) is 0.710. The summed E-state index contributed by atoms with van der Waals surface area (Å²) in [5.41, 5.74) is 1.23. The predicted octanol–water partition coefficient (Wildman–Crippen LogP) is 4.61. The molecule has 1 heterocycles. The highest BCUT2D eigenvalue weighted by molar-refractivity contribution is 8.00. The summed E-state index contributed by atoms with van der Waals surface area (Å²) in [5, 5.41) is 2.62. The van der Waals surface area contributed by atoms with Crippen molar-refractivity contribution in [2.24, 2.45) is 0 Å². The molecule has 0 spiro atoms. The number of thioether (sulfide) groups is 1. The van der Waals surface area contributed by atoms with Gasteiger partial charge in [0.2, 0.25) is 0 Å². The van der Waals surface area contributed by atoms with Gasteiger partial charge < -0.3 is 0 Å². The van der Waals surface area contributed by atoms with E-state index in [0.717, 1.165) is 9.77 Å². The predicted molar refractivity (Wildman–Crippen MR) is 79.9 cm³/mol. The fourth-order valence-corrected chi connectivity index (χ4v) is 3.37. The fraction of sp³-hybridized carbons (Fsp3) is 0.214. The van der Waals surface area contributed by atoms with Gasteiger partial charge in [-0.25, -0.2) is 0 Å². The van der Waals surface area contributed by atoms with Gasteiger partial charge in [-0.15, -0.1) is 23.1 Å². The first-order chi connectivity index (χ1) is 8.65. The summed E-state index contributed by atoms with van der Waals surface area (Å²) in [6.07, 6.45) is 0.440. The maximum absolute atomic E-state index is 11.8. The lowest BCUT2D eigenvalue weighted by molar-refractivity contribution is -0.115. The zero-order valence-electron chi connectivity index (χ0n) is 9.98.